The number of anilines is 1. The summed E-state index contributed by atoms with van der Waals surface area (Å²) >= 11 is 5.98. The van der Waals surface area contributed by atoms with Gasteiger partial charge in [0.25, 0.3) is 5.91 Å². The third-order valence-corrected chi connectivity index (χ3v) is 3.18. The molecule has 0 aliphatic carbocycles. The van der Waals surface area contributed by atoms with Crippen LogP contribution in [0, 0.1) is 18.3 Å². The van der Waals surface area contributed by atoms with Crippen molar-refractivity contribution in [2.45, 2.75) is 19.8 Å². The lowest BCUT2D eigenvalue weighted by Gasteiger charge is -2.05. The van der Waals surface area contributed by atoms with Gasteiger partial charge in [-0.25, -0.2) is 0 Å². The molecule has 0 saturated heterocycles. The zero-order valence-electron chi connectivity index (χ0n) is 12.0. The predicted octanol–water partition coefficient (Wildman–Crippen LogP) is 2.45. The van der Waals surface area contributed by atoms with Crippen molar-refractivity contribution >= 4 is 29.2 Å². The highest BCUT2D eigenvalue weighted by Crippen LogP contribution is 2.20. The van der Waals surface area contributed by atoms with Crippen LogP contribution in [0.5, 0.6) is 0 Å². The number of nitrogens with zero attached hydrogens (tertiary/aromatic N) is 1. The summed E-state index contributed by atoms with van der Waals surface area (Å²) in [5.74, 6) is -1.48. The van der Waals surface area contributed by atoms with Crippen molar-refractivity contribution in [2.75, 3.05) is 11.9 Å². The van der Waals surface area contributed by atoms with E-state index in [-0.39, 0.29) is 18.5 Å². The molecule has 0 aliphatic rings. The highest BCUT2D eigenvalue weighted by Gasteiger charge is 2.08. The molecule has 0 radical (unpaired) electrons. The minimum absolute atomic E-state index is 0.0357. The first-order valence-electron chi connectivity index (χ1n) is 6.57. The SMILES string of the molecule is Cc1ccc(N/C=C(/C#N)C(=O)NCCCC(=O)O)cc1Cl. The van der Waals surface area contributed by atoms with Crippen molar-refractivity contribution in [3.8, 4) is 6.07 Å². The third-order valence-electron chi connectivity index (χ3n) is 2.77. The summed E-state index contributed by atoms with van der Waals surface area (Å²) in [6.45, 7) is 2.06. The molecule has 1 aromatic carbocycles. The van der Waals surface area contributed by atoms with E-state index in [1.165, 1.54) is 6.20 Å². The van der Waals surface area contributed by atoms with E-state index in [2.05, 4.69) is 10.6 Å². The first kappa shape index (κ1) is 17.5. The van der Waals surface area contributed by atoms with Gasteiger partial charge in [0, 0.05) is 29.9 Å². The smallest absolute Gasteiger partial charge is 0.303 e. The molecule has 0 aromatic heterocycles. The highest BCUT2D eigenvalue weighted by molar-refractivity contribution is 6.31. The largest absolute Gasteiger partial charge is 0.481 e. The van der Waals surface area contributed by atoms with E-state index in [0.29, 0.717) is 17.1 Å². The quantitative estimate of drug-likeness (QED) is 0.406. The zero-order chi connectivity index (χ0) is 16.5. The maximum Gasteiger partial charge on any atom is 0.303 e. The Labute approximate surface area is 133 Å². The summed E-state index contributed by atoms with van der Waals surface area (Å²) in [4.78, 5) is 22.1. The maximum absolute atomic E-state index is 11.7. The van der Waals surface area contributed by atoms with Gasteiger partial charge in [0.1, 0.15) is 11.6 Å². The van der Waals surface area contributed by atoms with Crippen molar-refractivity contribution in [1.29, 1.82) is 5.26 Å². The van der Waals surface area contributed by atoms with Crippen LogP contribution in [0.1, 0.15) is 18.4 Å². The van der Waals surface area contributed by atoms with Gasteiger partial charge in [-0.3, -0.25) is 9.59 Å². The van der Waals surface area contributed by atoms with Crippen LogP contribution in [0.3, 0.4) is 0 Å². The number of amides is 1. The van der Waals surface area contributed by atoms with E-state index in [1.807, 2.05) is 13.0 Å². The molecule has 22 heavy (non-hydrogen) atoms. The first-order chi connectivity index (χ1) is 10.4. The molecule has 116 valence electrons. The molecule has 1 amide bonds. The number of benzene rings is 1. The summed E-state index contributed by atoms with van der Waals surface area (Å²) in [5, 5.41) is 23.4. The minimum atomic E-state index is -0.928. The molecule has 1 aromatic rings. The van der Waals surface area contributed by atoms with Crippen LogP contribution < -0.4 is 10.6 Å². The second kappa shape index (κ2) is 8.70. The molecule has 0 spiro atoms. The first-order valence-corrected chi connectivity index (χ1v) is 6.94. The number of nitrogens with one attached hydrogen (secondary N) is 2. The van der Waals surface area contributed by atoms with Crippen molar-refractivity contribution in [1.82, 2.24) is 5.32 Å². The Morgan fingerprint density at radius 2 is 2.18 bits per heavy atom. The molecule has 0 atom stereocenters. The molecular weight excluding hydrogens is 306 g/mol. The number of hydrogen-bond donors (Lipinski definition) is 3. The number of carboxylic acid groups (broad SMARTS) is 1. The lowest BCUT2D eigenvalue weighted by atomic mass is 10.2. The van der Waals surface area contributed by atoms with E-state index >= 15 is 0 Å². The second-order valence-electron chi connectivity index (χ2n) is 4.53. The normalized spacial score (nSPS) is 10.7. The number of nitriles is 1. The zero-order valence-corrected chi connectivity index (χ0v) is 12.8. The van der Waals surface area contributed by atoms with Crippen LogP contribution in [0.4, 0.5) is 5.69 Å². The van der Waals surface area contributed by atoms with Crippen LogP contribution in [0.2, 0.25) is 5.02 Å². The third kappa shape index (κ3) is 5.85. The van der Waals surface area contributed by atoms with Gasteiger partial charge in [-0.2, -0.15) is 5.26 Å². The molecule has 7 heteroatoms. The molecule has 0 unspecified atom stereocenters. The number of carboxylic acids is 1. The highest BCUT2D eigenvalue weighted by atomic mass is 35.5. The second-order valence-corrected chi connectivity index (χ2v) is 4.94. The number of aliphatic carboxylic acids is 1. The Hall–Kier alpha value is -2.52. The average Bonchev–Trinajstić information content (AvgIpc) is 2.47. The summed E-state index contributed by atoms with van der Waals surface area (Å²) in [5.41, 5.74) is 1.47. The molecule has 3 N–H and O–H groups in total. The van der Waals surface area contributed by atoms with E-state index in [4.69, 9.17) is 22.0 Å². The minimum Gasteiger partial charge on any atom is -0.481 e. The Morgan fingerprint density at radius 1 is 1.45 bits per heavy atom. The summed E-state index contributed by atoms with van der Waals surface area (Å²) in [6, 6.07) is 7.06. The molecule has 0 saturated carbocycles. The van der Waals surface area contributed by atoms with Gasteiger partial charge >= 0.3 is 5.97 Å². The van der Waals surface area contributed by atoms with E-state index < -0.39 is 11.9 Å². The van der Waals surface area contributed by atoms with Crippen molar-refractivity contribution in [3.63, 3.8) is 0 Å². The molecule has 1 rings (SSSR count). The summed E-state index contributed by atoms with van der Waals surface area (Å²) in [7, 11) is 0. The molecule has 0 heterocycles. The fourth-order valence-electron chi connectivity index (χ4n) is 1.52. The average molecular weight is 322 g/mol. The summed E-state index contributed by atoms with van der Waals surface area (Å²) in [6.07, 6.45) is 1.56. The van der Waals surface area contributed by atoms with Crippen LogP contribution in [0.25, 0.3) is 0 Å². The number of hydrogen-bond acceptors (Lipinski definition) is 4. The lowest BCUT2D eigenvalue weighted by Crippen LogP contribution is -2.26. The molecular formula is C15H16ClN3O3. The number of rotatable bonds is 7. The van der Waals surface area contributed by atoms with Gasteiger partial charge in [0.2, 0.25) is 0 Å². The Morgan fingerprint density at radius 3 is 2.77 bits per heavy atom. The van der Waals surface area contributed by atoms with Gasteiger partial charge in [0.15, 0.2) is 0 Å². The molecule has 6 nitrogen and oxygen atoms in total. The predicted molar refractivity (Wildman–Crippen MR) is 83.4 cm³/mol. The van der Waals surface area contributed by atoms with Crippen LogP contribution in [-0.4, -0.2) is 23.5 Å². The van der Waals surface area contributed by atoms with E-state index in [1.54, 1.807) is 18.2 Å². The Kier molecular flexibility index (Phi) is 6.93. The maximum atomic E-state index is 11.7. The fourth-order valence-corrected chi connectivity index (χ4v) is 1.70. The number of halogens is 1. The van der Waals surface area contributed by atoms with Crippen molar-refractivity contribution in [3.05, 3.63) is 40.6 Å². The number of carbonyl (C=O) groups is 2. The lowest BCUT2D eigenvalue weighted by molar-refractivity contribution is -0.137. The number of carbonyl (C=O) groups excluding carboxylic acids is 1. The van der Waals surface area contributed by atoms with Crippen LogP contribution in [-0.2, 0) is 9.59 Å². The van der Waals surface area contributed by atoms with Gasteiger partial charge in [0.05, 0.1) is 0 Å². The van der Waals surface area contributed by atoms with Crippen LogP contribution in [0.15, 0.2) is 30.0 Å². The Bertz CT molecular complexity index is 635. The Balaban J connectivity index is 2.58. The number of aryl methyl sites for hydroxylation is 1. The topological polar surface area (TPSA) is 102 Å². The van der Waals surface area contributed by atoms with E-state index in [0.717, 1.165) is 5.56 Å². The van der Waals surface area contributed by atoms with Gasteiger partial charge in [-0.1, -0.05) is 17.7 Å². The molecule has 0 aliphatic heterocycles. The van der Waals surface area contributed by atoms with Crippen LogP contribution >= 0.6 is 11.6 Å². The van der Waals surface area contributed by atoms with Crippen molar-refractivity contribution in [2.24, 2.45) is 0 Å². The molecule has 0 fully saturated rings. The van der Waals surface area contributed by atoms with Gasteiger partial charge < -0.3 is 15.7 Å². The molecule has 0 bridgehead atoms. The standard InChI is InChI=1S/C15H16ClN3O3/c1-10-4-5-12(7-13(10)16)19-9-11(8-17)15(22)18-6-2-3-14(20)21/h4-5,7,9,19H,2-3,6H2,1H3,(H,18,22)(H,20,21)/b11-9-. The van der Waals surface area contributed by atoms with Gasteiger partial charge in [-0.05, 0) is 31.0 Å². The summed E-state index contributed by atoms with van der Waals surface area (Å²) < 4.78 is 0. The van der Waals surface area contributed by atoms with Crippen molar-refractivity contribution < 1.29 is 14.7 Å². The van der Waals surface area contributed by atoms with E-state index in [9.17, 15) is 9.59 Å². The monoisotopic (exact) mass is 321 g/mol. The van der Waals surface area contributed by atoms with Gasteiger partial charge in [-0.15, -0.1) is 0 Å². The fraction of sp³-hybridized carbons (Fsp3) is 0.267.